The van der Waals surface area contributed by atoms with E-state index in [1.165, 1.54) is 7.05 Å². The highest BCUT2D eigenvalue weighted by atomic mass is 32.1. The molecule has 0 aromatic carbocycles. The van der Waals surface area contributed by atoms with Gasteiger partial charge >= 0.3 is 5.97 Å². The average molecular weight is 293 g/mol. The van der Waals surface area contributed by atoms with Gasteiger partial charge in [0.25, 0.3) is 12.3 Å². The number of alkyl halides is 2. The minimum atomic E-state index is -2.60. The van der Waals surface area contributed by atoms with Crippen molar-refractivity contribution in [3.8, 4) is 0 Å². The lowest BCUT2D eigenvalue weighted by Gasteiger charge is -2.05. The Labute approximate surface area is 111 Å². The van der Waals surface area contributed by atoms with Crippen molar-refractivity contribution in [2.75, 3.05) is 31.8 Å². The predicted molar refractivity (Wildman–Crippen MR) is 68.0 cm³/mol. The maximum Gasteiger partial charge on any atom is 0.343 e. The largest absolute Gasteiger partial charge is 0.465 e. The zero-order valence-electron chi connectivity index (χ0n) is 10.3. The summed E-state index contributed by atoms with van der Waals surface area (Å²) < 4.78 is 28.9. The van der Waals surface area contributed by atoms with Crippen LogP contribution in [0, 0.1) is 0 Å². The first-order valence-electron chi connectivity index (χ1n) is 5.17. The molecule has 19 heavy (non-hydrogen) atoms. The number of nitrogens with two attached hydrogens (primary N) is 1. The molecule has 6 nitrogen and oxygen atoms in total. The SMILES string of the molecule is CNC(=O)c1sc(NCC(F)F)c(C(=O)OC)c1N. The Kier molecular flexibility index (Phi) is 5.04. The molecule has 0 atom stereocenters. The third kappa shape index (κ3) is 3.31. The maximum atomic E-state index is 12.2. The molecule has 0 aliphatic carbocycles. The summed E-state index contributed by atoms with van der Waals surface area (Å²) in [6.45, 7) is -0.656. The Morgan fingerprint density at radius 1 is 1.47 bits per heavy atom. The fourth-order valence-corrected chi connectivity index (χ4v) is 2.39. The van der Waals surface area contributed by atoms with Crippen molar-refractivity contribution >= 4 is 33.9 Å². The smallest absolute Gasteiger partial charge is 0.343 e. The number of nitrogens with one attached hydrogen (secondary N) is 2. The van der Waals surface area contributed by atoms with Crippen LogP contribution in [0.4, 0.5) is 19.5 Å². The van der Waals surface area contributed by atoms with Crippen molar-refractivity contribution < 1.29 is 23.1 Å². The van der Waals surface area contributed by atoms with Crippen molar-refractivity contribution in [3.63, 3.8) is 0 Å². The Morgan fingerprint density at radius 2 is 2.11 bits per heavy atom. The highest BCUT2D eigenvalue weighted by Gasteiger charge is 2.26. The van der Waals surface area contributed by atoms with E-state index in [4.69, 9.17) is 5.73 Å². The van der Waals surface area contributed by atoms with Crippen molar-refractivity contribution in [1.29, 1.82) is 0 Å². The number of nitrogen functional groups attached to an aromatic ring is 1. The molecule has 9 heteroatoms. The molecule has 0 fully saturated rings. The van der Waals surface area contributed by atoms with E-state index >= 15 is 0 Å². The fourth-order valence-electron chi connectivity index (χ4n) is 1.33. The molecule has 0 bridgehead atoms. The molecular formula is C10H13F2N3O3S. The second-order valence-electron chi connectivity index (χ2n) is 3.39. The maximum absolute atomic E-state index is 12.2. The number of hydrogen-bond acceptors (Lipinski definition) is 6. The molecule has 0 spiro atoms. The van der Waals surface area contributed by atoms with Gasteiger partial charge in [-0.2, -0.15) is 0 Å². The van der Waals surface area contributed by atoms with Gasteiger partial charge in [0, 0.05) is 7.05 Å². The summed E-state index contributed by atoms with van der Waals surface area (Å²) in [5.41, 5.74) is 5.49. The first kappa shape index (κ1) is 15.2. The van der Waals surface area contributed by atoms with Crippen molar-refractivity contribution in [2.45, 2.75) is 6.43 Å². The van der Waals surface area contributed by atoms with Crippen molar-refractivity contribution in [1.82, 2.24) is 5.32 Å². The zero-order valence-corrected chi connectivity index (χ0v) is 11.1. The van der Waals surface area contributed by atoms with E-state index in [1.54, 1.807) is 0 Å². The lowest BCUT2D eigenvalue weighted by Crippen LogP contribution is -2.18. The van der Waals surface area contributed by atoms with Crippen LogP contribution in [-0.4, -0.2) is 39.0 Å². The molecule has 0 radical (unpaired) electrons. The monoisotopic (exact) mass is 293 g/mol. The molecule has 4 N–H and O–H groups in total. The minimum Gasteiger partial charge on any atom is -0.465 e. The van der Waals surface area contributed by atoms with E-state index < -0.39 is 24.8 Å². The van der Waals surface area contributed by atoms with Gasteiger partial charge in [0.2, 0.25) is 0 Å². The fraction of sp³-hybridized carbons (Fsp3) is 0.400. The van der Waals surface area contributed by atoms with Gasteiger partial charge in [0.05, 0.1) is 19.3 Å². The van der Waals surface area contributed by atoms with Gasteiger partial charge in [-0.25, -0.2) is 13.6 Å². The molecule has 1 heterocycles. The lowest BCUT2D eigenvalue weighted by atomic mass is 10.2. The number of halogens is 2. The van der Waals surface area contributed by atoms with Gasteiger partial charge < -0.3 is 21.1 Å². The molecule has 106 valence electrons. The number of methoxy groups -OCH3 is 1. The molecule has 0 aliphatic rings. The molecule has 1 amide bonds. The van der Waals surface area contributed by atoms with Gasteiger partial charge in [-0.15, -0.1) is 11.3 Å². The van der Waals surface area contributed by atoms with Crippen LogP contribution < -0.4 is 16.4 Å². The molecule has 0 unspecified atom stereocenters. The molecule has 0 aliphatic heterocycles. The van der Waals surface area contributed by atoms with E-state index in [0.29, 0.717) is 0 Å². The number of amides is 1. The molecule has 1 aromatic rings. The summed E-state index contributed by atoms with van der Waals surface area (Å²) in [5.74, 6) is -1.29. The number of anilines is 2. The number of rotatable bonds is 5. The average Bonchev–Trinajstić information content (AvgIpc) is 2.71. The number of thiophene rings is 1. The molecular weight excluding hydrogens is 280 g/mol. The highest BCUT2D eigenvalue weighted by molar-refractivity contribution is 7.19. The summed E-state index contributed by atoms with van der Waals surface area (Å²) >= 11 is 0.822. The summed E-state index contributed by atoms with van der Waals surface area (Å²) in [4.78, 5) is 23.2. The number of carbonyl (C=O) groups excluding carboxylic acids is 2. The number of hydrogen-bond donors (Lipinski definition) is 3. The summed E-state index contributed by atoms with van der Waals surface area (Å²) in [7, 11) is 2.53. The van der Waals surface area contributed by atoms with Crippen molar-refractivity contribution in [2.24, 2.45) is 0 Å². The van der Waals surface area contributed by atoms with Crippen LogP contribution in [0.5, 0.6) is 0 Å². The summed E-state index contributed by atoms with van der Waals surface area (Å²) in [6, 6.07) is 0. The van der Waals surface area contributed by atoms with Crippen LogP contribution in [0.2, 0.25) is 0 Å². The zero-order chi connectivity index (χ0) is 14.6. The van der Waals surface area contributed by atoms with Gasteiger partial charge in [0.1, 0.15) is 15.4 Å². The third-order valence-electron chi connectivity index (χ3n) is 2.18. The standard InChI is InChI=1S/C10H13F2N3O3S/c1-14-8(16)7-6(13)5(10(17)18-2)9(19-7)15-3-4(11)12/h4,15H,3,13H2,1-2H3,(H,14,16). The van der Waals surface area contributed by atoms with Crippen LogP contribution >= 0.6 is 11.3 Å². The van der Waals surface area contributed by atoms with Crippen LogP contribution in [0.1, 0.15) is 20.0 Å². The first-order valence-corrected chi connectivity index (χ1v) is 5.98. The van der Waals surface area contributed by atoms with Crippen LogP contribution in [0.25, 0.3) is 0 Å². The Balaban J connectivity index is 3.19. The third-order valence-corrected chi connectivity index (χ3v) is 3.35. The van der Waals surface area contributed by atoms with E-state index in [0.717, 1.165) is 18.4 Å². The topological polar surface area (TPSA) is 93.5 Å². The second kappa shape index (κ2) is 6.32. The predicted octanol–water partition coefficient (Wildman–Crippen LogP) is 1.15. The number of esters is 1. The Bertz CT molecular complexity index is 491. The lowest BCUT2D eigenvalue weighted by molar-refractivity contribution is 0.0603. The van der Waals surface area contributed by atoms with Crippen LogP contribution in [0.15, 0.2) is 0 Å². The van der Waals surface area contributed by atoms with E-state index in [1.807, 2.05) is 0 Å². The highest BCUT2D eigenvalue weighted by Crippen LogP contribution is 2.36. The molecule has 1 aromatic heterocycles. The van der Waals surface area contributed by atoms with Crippen LogP contribution in [-0.2, 0) is 4.74 Å². The van der Waals surface area contributed by atoms with E-state index in [-0.39, 0.29) is 21.1 Å². The first-order chi connectivity index (χ1) is 8.92. The quantitative estimate of drug-likeness (QED) is 0.708. The van der Waals surface area contributed by atoms with Gasteiger partial charge in [-0.05, 0) is 0 Å². The summed E-state index contributed by atoms with van der Waals surface area (Å²) in [6.07, 6.45) is -2.60. The minimum absolute atomic E-state index is 0.0691. The molecule has 0 saturated carbocycles. The Hall–Kier alpha value is -1.90. The van der Waals surface area contributed by atoms with E-state index in [2.05, 4.69) is 15.4 Å². The summed E-state index contributed by atoms with van der Waals surface area (Å²) in [5, 5.41) is 4.81. The number of carbonyl (C=O) groups is 2. The number of ether oxygens (including phenoxy) is 1. The normalized spacial score (nSPS) is 10.4. The van der Waals surface area contributed by atoms with Gasteiger partial charge in [-0.1, -0.05) is 0 Å². The van der Waals surface area contributed by atoms with Gasteiger partial charge in [0.15, 0.2) is 0 Å². The molecule has 0 saturated heterocycles. The van der Waals surface area contributed by atoms with E-state index in [9.17, 15) is 18.4 Å². The second-order valence-corrected chi connectivity index (χ2v) is 4.41. The Morgan fingerprint density at radius 3 is 2.58 bits per heavy atom. The van der Waals surface area contributed by atoms with Crippen molar-refractivity contribution in [3.05, 3.63) is 10.4 Å². The molecule has 1 rings (SSSR count). The van der Waals surface area contributed by atoms with Gasteiger partial charge in [-0.3, -0.25) is 4.79 Å². The van der Waals surface area contributed by atoms with Crippen LogP contribution in [0.3, 0.4) is 0 Å².